The van der Waals surface area contributed by atoms with Gasteiger partial charge in [-0.25, -0.2) is 4.79 Å². The fraction of sp³-hybridized carbons (Fsp3) is 0.250. The van der Waals surface area contributed by atoms with Crippen LogP contribution in [-0.4, -0.2) is 18.4 Å². The largest absolute Gasteiger partial charge is 0.456 e. The molecule has 2 heterocycles. The van der Waals surface area contributed by atoms with Crippen molar-refractivity contribution in [3.63, 3.8) is 0 Å². The van der Waals surface area contributed by atoms with Gasteiger partial charge in [0.05, 0.1) is 21.3 Å². The summed E-state index contributed by atoms with van der Waals surface area (Å²) in [5, 5.41) is 4.04. The summed E-state index contributed by atoms with van der Waals surface area (Å²) >= 11 is 12.1. The van der Waals surface area contributed by atoms with Crippen LogP contribution in [0.3, 0.4) is 0 Å². The maximum absolute atomic E-state index is 12.3. The molecule has 0 unspecified atom stereocenters. The summed E-state index contributed by atoms with van der Waals surface area (Å²) in [6.45, 7) is 0.219. The molecule has 0 saturated carbocycles. The fourth-order valence-corrected chi connectivity index (χ4v) is 3.61. The van der Waals surface area contributed by atoms with Crippen molar-refractivity contribution in [2.75, 3.05) is 6.61 Å². The Hall–Kier alpha value is -1.78. The molecule has 22 heavy (non-hydrogen) atoms. The first-order valence-electron chi connectivity index (χ1n) is 6.94. The van der Waals surface area contributed by atoms with Gasteiger partial charge in [-0.05, 0) is 24.1 Å². The van der Waals surface area contributed by atoms with Crippen molar-refractivity contribution in [3.8, 4) is 0 Å². The molecule has 4 rings (SSSR count). The van der Waals surface area contributed by atoms with Crippen LogP contribution in [0.5, 0.6) is 0 Å². The minimum Gasteiger partial charge on any atom is -0.456 e. The summed E-state index contributed by atoms with van der Waals surface area (Å²) in [5.74, 6) is -0.749. The number of hydrogen-bond acceptors (Lipinski definition) is 4. The third-order valence-corrected chi connectivity index (χ3v) is 5.02. The highest BCUT2D eigenvalue weighted by Gasteiger charge is 2.43. The van der Waals surface area contributed by atoms with Crippen molar-refractivity contribution >= 4 is 35.0 Å². The van der Waals surface area contributed by atoms with Crippen molar-refractivity contribution in [1.82, 2.24) is 5.32 Å². The molecule has 4 nitrogen and oxygen atoms in total. The summed E-state index contributed by atoms with van der Waals surface area (Å²) in [6, 6.07) is 5.20. The third-order valence-electron chi connectivity index (χ3n) is 4.28. The van der Waals surface area contributed by atoms with Crippen molar-refractivity contribution in [1.29, 1.82) is 0 Å². The standard InChI is InChI=1S/C16H11Cl2NO3/c17-8-2-1-7(5-9(8)18)13-14-10(3-4-12(14)20)19-11-6-22-16(21)15(11)13/h1-2,5,13,19H,3-4,6H2/t13-/m0/s1. The third kappa shape index (κ3) is 1.91. The lowest BCUT2D eigenvalue weighted by atomic mass is 9.81. The number of carbonyl (C=O) groups excluding carboxylic acids is 2. The first-order valence-corrected chi connectivity index (χ1v) is 7.70. The second-order valence-corrected chi connectivity index (χ2v) is 6.33. The molecule has 0 saturated heterocycles. The average molecular weight is 336 g/mol. The van der Waals surface area contributed by atoms with Gasteiger partial charge in [0.2, 0.25) is 0 Å². The van der Waals surface area contributed by atoms with Crippen LogP contribution in [0.1, 0.15) is 24.3 Å². The smallest absolute Gasteiger partial charge is 0.337 e. The zero-order valence-corrected chi connectivity index (χ0v) is 12.9. The lowest BCUT2D eigenvalue weighted by Gasteiger charge is -2.26. The molecule has 1 atom stereocenters. The fourth-order valence-electron chi connectivity index (χ4n) is 3.30. The molecule has 0 amide bonds. The molecule has 1 aromatic rings. The number of allylic oxidation sites excluding steroid dienone is 2. The Bertz CT molecular complexity index is 755. The van der Waals surface area contributed by atoms with E-state index in [0.29, 0.717) is 34.0 Å². The van der Waals surface area contributed by atoms with E-state index in [1.807, 2.05) is 0 Å². The van der Waals surface area contributed by atoms with Crippen LogP contribution in [0.15, 0.2) is 40.7 Å². The molecule has 0 bridgehead atoms. The number of benzene rings is 1. The number of halogens is 2. The number of rotatable bonds is 1. The van der Waals surface area contributed by atoms with Gasteiger partial charge in [-0.1, -0.05) is 29.3 Å². The second kappa shape index (κ2) is 4.86. The Morgan fingerprint density at radius 3 is 2.64 bits per heavy atom. The number of dihydropyridines is 1. The van der Waals surface area contributed by atoms with Gasteiger partial charge < -0.3 is 10.1 Å². The molecule has 1 aliphatic carbocycles. The van der Waals surface area contributed by atoms with Crippen LogP contribution >= 0.6 is 23.2 Å². The van der Waals surface area contributed by atoms with Gasteiger partial charge in [0.25, 0.3) is 0 Å². The van der Waals surface area contributed by atoms with Crippen LogP contribution in [0.4, 0.5) is 0 Å². The SMILES string of the molecule is O=C1CCC2=C1[C@H](c1ccc(Cl)c(Cl)c1)C1=C(COC1=O)N2. The Labute approximate surface area is 136 Å². The minimum atomic E-state index is -0.425. The predicted octanol–water partition coefficient (Wildman–Crippen LogP) is 3.11. The van der Waals surface area contributed by atoms with Crippen molar-refractivity contribution in [3.05, 3.63) is 56.3 Å². The molecular formula is C16H11Cl2NO3. The quantitative estimate of drug-likeness (QED) is 0.801. The zero-order chi connectivity index (χ0) is 15.4. The molecule has 0 aromatic heterocycles. The van der Waals surface area contributed by atoms with Gasteiger partial charge in [-0.2, -0.15) is 0 Å². The van der Waals surface area contributed by atoms with Crippen LogP contribution in [0, 0.1) is 0 Å². The molecule has 0 spiro atoms. The molecule has 3 aliphatic rings. The van der Waals surface area contributed by atoms with E-state index in [0.717, 1.165) is 17.0 Å². The van der Waals surface area contributed by atoms with Crippen LogP contribution < -0.4 is 5.32 Å². The normalized spacial score (nSPS) is 23.5. The highest BCUT2D eigenvalue weighted by Crippen LogP contribution is 2.45. The second-order valence-electron chi connectivity index (χ2n) is 5.52. The number of esters is 1. The highest BCUT2D eigenvalue weighted by molar-refractivity contribution is 6.42. The molecule has 6 heteroatoms. The van der Waals surface area contributed by atoms with Crippen LogP contribution in [0.2, 0.25) is 10.0 Å². The number of hydrogen-bond donors (Lipinski definition) is 1. The van der Waals surface area contributed by atoms with Crippen molar-refractivity contribution < 1.29 is 14.3 Å². The topological polar surface area (TPSA) is 55.4 Å². The Morgan fingerprint density at radius 1 is 1.05 bits per heavy atom. The van der Waals surface area contributed by atoms with Gasteiger partial charge in [-0.15, -0.1) is 0 Å². The van der Waals surface area contributed by atoms with E-state index < -0.39 is 5.92 Å². The number of ketones is 1. The van der Waals surface area contributed by atoms with Crippen molar-refractivity contribution in [2.45, 2.75) is 18.8 Å². The zero-order valence-electron chi connectivity index (χ0n) is 11.4. The molecule has 0 radical (unpaired) electrons. The van der Waals surface area contributed by atoms with E-state index >= 15 is 0 Å². The molecule has 1 aromatic carbocycles. The molecule has 112 valence electrons. The Balaban J connectivity index is 1.91. The Kier molecular flexibility index (Phi) is 3.06. The average Bonchev–Trinajstić information content (AvgIpc) is 3.05. The molecule has 1 N–H and O–H groups in total. The van der Waals surface area contributed by atoms with Gasteiger partial charge in [-0.3, -0.25) is 4.79 Å². The number of carbonyl (C=O) groups is 2. The number of cyclic esters (lactones) is 1. The summed E-state index contributed by atoms with van der Waals surface area (Å²) < 4.78 is 5.13. The number of nitrogens with one attached hydrogen (secondary N) is 1. The first-order chi connectivity index (χ1) is 10.6. The van der Waals surface area contributed by atoms with Crippen LogP contribution in [0.25, 0.3) is 0 Å². The maximum atomic E-state index is 12.3. The summed E-state index contributed by atoms with van der Waals surface area (Å²) in [5.41, 5.74) is 3.57. The van der Waals surface area contributed by atoms with Gasteiger partial charge in [0.15, 0.2) is 5.78 Å². The lowest BCUT2D eigenvalue weighted by Crippen LogP contribution is -2.26. The van der Waals surface area contributed by atoms with E-state index in [4.69, 9.17) is 27.9 Å². The van der Waals surface area contributed by atoms with E-state index in [1.54, 1.807) is 18.2 Å². The monoisotopic (exact) mass is 335 g/mol. The maximum Gasteiger partial charge on any atom is 0.337 e. The van der Waals surface area contributed by atoms with Crippen LogP contribution in [-0.2, 0) is 14.3 Å². The molecule has 2 aliphatic heterocycles. The Morgan fingerprint density at radius 2 is 1.86 bits per heavy atom. The van der Waals surface area contributed by atoms with Gasteiger partial charge in [0.1, 0.15) is 6.61 Å². The van der Waals surface area contributed by atoms with Gasteiger partial charge in [0, 0.05) is 23.6 Å². The van der Waals surface area contributed by atoms with E-state index in [-0.39, 0.29) is 18.4 Å². The van der Waals surface area contributed by atoms with Crippen molar-refractivity contribution in [2.24, 2.45) is 0 Å². The molecule has 0 fully saturated rings. The van der Waals surface area contributed by atoms with E-state index in [2.05, 4.69) is 5.32 Å². The minimum absolute atomic E-state index is 0.0600. The summed E-state index contributed by atoms with van der Waals surface area (Å²) in [6.07, 6.45) is 1.13. The summed E-state index contributed by atoms with van der Waals surface area (Å²) in [4.78, 5) is 24.4. The predicted molar refractivity (Wildman–Crippen MR) is 81.6 cm³/mol. The highest BCUT2D eigenvalue weighted by atomic mass is 35.5. The van der Waals surface area contributed by atoms with E-state index in [1.165, 1.54) is 0 Å². The van der Waals surface area contributed by atoms with E-state index in [9.17, 15) is 9.59 Å². The molecular weight excluding hydrogens is 325 g/mol. The first kappa shape index (κ1) is 13.9. The lowest BCUT2D eigenvalue weighted by molar-refractivity contribution is -0.136. The number of Topliss-reactive ketones (excluding diaryl/α,β-unsaturated/α-hetero) is 1. The van der Waals surface area contributed by atoms with Gasteiger partial charge >= 0.3 is 5.97 Å². The summed E-state index contributed by atoms with van der Waals surface area (Å²) in [7, 11) is 0. The number of ether oxygens (including phenoxy) is 1.